The Bertz CT molecular complexity index is 911. The van der Waals surface area contributed by atoms with E-state index in [1.54, 1.807) is 0 Å². The van der Waals surface area contributed by atoms with Gasteiger partial charge in [0, 0.05) is 25.1 Å². The van der Waals surface area contributed by atoms with Crippen molar-refractivity contribution in [2.24, 2.45) is 5.92 Å². The van der Waals surface area contributed by atoms with Crippen molar-refractivity contribution in [1.82, 2.24) is 15.1 Å². The Balaban J connectivity index is 1.28. The van der Waals surface area contributed by atoms with Crippen molar-refractivity contribution in [2.75, 3.05) is 13.1 Å². The lowest BCUT2D eigenvalue weighted by Gasteiger charge is -2.31. The van der Waals surface area contributed by atoms with Crippen LogP contribution in [0.4, 0.5) is 0 Å². The quantitative estimate of drug-likeness (QED) is 0.674. The highest BCUT2D eigenvalue weighted by atomic mass is 16.4. The van der Waals surface area contributed by atoms with Gasteiger partial charge in [-0.2, -0.15) is 0 Å². The van der Waals surface area contributed by atoms with Crippen LogP contribution in [0.3, 0.4) is 0 Å². The van der Waals surface area contributed by atoms with Crippen LogP contribution in [-0.2, 0) is 17.6 Å². The first-order valence-electron chi connectivity index (χ1n) is 9.88. The van der Waals surface area contributed by atoms with Crippen LogP contribution in [0, 0.1) is 12.8 Å². The van der Waals surface area contributed by atoms with Crippen molar-refractivity contribution in [3.8, 4) is 11.5 Å². The third kappa shape index (κ3) is 4.47. The van der Waals surface area contributed by atoms with Crippen molar-refractivity contribution in [3.05, 3.63) is 71.6 Å². The monoisotopic (exact) mass is 375 g/mol. The van der Waals surface area contributed by atoms with Gasteiger partial charge in [-0.25, -0.2) is 0 Å². The number of hydrogen-bond donors (Lipinski definition) is 0. The topological polar surface area (TPSA) is 59.2 Å². The minimum absolute atomic E-state index is 0.214. The summed E-state index contributed by atoms with van der Waals surface area (Å²) in [5.74, 6) is 1.95. The second-order valence-electron chi connectivity index (χ2n) is 7.56. The van der Waals surface area contributed by atoms with Crippen LogP contribution in [0.1, 0.15) is 29.9 Å². The minimum atomic E-state index is 0.214. The van der Waals surface area contributed by atoms with Gasteiger partial charge in [-0.15, -0.1) is 10.2 Å². The van der Waals surface area contributed by atoms with Gasteiger partial charge >= 0.3 is 0 Å². The van der Waals surface area contributed by atoms with Crippen LogP contribution < -0.4 is 0 Å². The first-order chi connectivity index (χ1) is 13.7. The molecule has 1 saturated heterocycles. The van der Waals surface area contributed by atoms with Gasteiger partial charge in [0.25, 0.3) is 0 Å². The fourth-order valence-corrected chi connectivity index (χ4v) is 3.66. The molecule has 2 heterocycles. The summed E-state index contributed by atoms with van der Waals surface area (Å²) in [6, 6.07) is 18.0. The molecule has 0 bridgehead atoms. The molecule has 1 amide bonds. The highest BCUT2D eigenvalue weighted by Crippen LogP contribution is 2.24. The van der Waals surface area contributed by atoms with E-state index in [4.69, 9.17) is 4.42 Å². The fourth-order valence-electron chi connectivity index (χ4n) is 3.66. The van der Waals surface area contributed by atoms with E-state index < -0.39 is 0 Å². The maximum atomic E-state index is 12.6. The lowest BCUT2D eigenvalue weighted by Crippen LogP contribution is -2.39. The summed E-state index contributed by atoms with van der Waals surface area (Å²) < 4.78 is 5.83. The number of benzene rings is 2. The summed E-state index contributed by atoms with van der Waals surface area (Å²) in [5.41, 5.74) is 3.24. The summed E-state index contributed by atoms with van der Waals surface area (Å²) >= 11 is 0. The summed E-state index contributed by atoms with van der Waals surface area (Å²) in [4.78, 5) is 14.5. The molecule has 0 atom stereocenters. The number of amides is 1. The second-order valence-corrected chi connectivity index (χ2v) is 7.56. The van der Waals surface area contributed by atoms with Gasteiger partial charge in [-0.05, 0) is 43.4 Å². The van der Waals surface area contributed by atoms with Gasteiger partial charge in [0.05, 0.1) is 6.42 Å². The van der Waals surface area contributed by atoms with E-state index >= 15 is 0 Å². The molecule has 4 rings (SSSR count). The molecule has 5 heteroatoms. The van der Waals surface area contributed by atoms with Crippen LogP contribution in [0.25, 0.3) is 11.5 Å². The number of carbonyl (C=O) groups excluding carboxylic acids is 1. The average Bonchev–Trinajstić information content (AvgIpc) is 3.19. The molecule has 0 unspecified atom stereocenters. The number of likely N-dealkylation sites (tertiary alicyclic amines) is 1. The molecule has 1 aromatic heterocycles. The van der Waals surface area contributed by atoms with E-state index in [9.17, 15) is 4.79 Å². The number of hydrogen-bond acceptors (Lipinski definition) is 4. The average molecular weight is 375 g/mol. The Kier molecular flexibility index (Phi) is 5.51. The third-order valence-corrected chi connectivity index (χ3v) is 5.39. The highest BCUT2D eigenvalue weighted by molar-refractivity contribution is 5.78. The molecule has 0 N–H and O–H groups in total. The Morgan fingerprint density at radius 2 is 1.75 bits per heavy atom. The zero-order valence-corrected chi connectivity index (χ0v) is 16.2. The molecular formula is C23H25N3O2. The van der Waals surface area contributed by atoms with Crippen LogP contribution in [0.2, 0.25) is 0 Å². The molecule has 28 heavy (non-hydrogen) atoms. The molecule has 1 aliphatic heterocycles. The zero-order valence-electron chi connectivity index (χ0n) is 16.2. The van der Waals surface area contributed by atoms with E-state index in [-0.39, 0.29) is 5.91 Å². The predicted molar refractivity (Wildman–Crippen MR) is 108 cm³/mol. The Labute approximate surface area is 165 Å². The van der Waals surface area contributed by atoms with Crippen molar-refractivity contribution < 1.29 is 9.21 Å². The van der Waals surface area contributed by atoms with Crippen LogP contribution >= 0.6 is 0 Å². The SMILES string of the molecule is Cc1ccc(CC(=O)N2CCC(Cc3nnc(-c4ccccc4)o3)CC2)cc1. The standard InChI is InChI=1S/C23H25N3O2/c1-17-7-9-18(10-8-17)16-22(27)26-13-11-19(12-14-26)15-21-24-25-23(28-21)20-5-3-2-4-6-20/h2-10,19H,11-16H2,1H3. The van der Waals surface area contributed by atoms with Gasteiger partial charge in [0.15, 0.2) is 0 Å². The normalized spacial score (nSPS) is 15.0. The molecule has 1 aliphatic rings. The third-order valence-electron chi connectivity index (χ3n) is 5.39. The highest BCUT2D eigenvalue weighted by Gasteiger charge is 2.24. The van der Waals surface area contributed by atoms with E-state index in [0.29, 0.717) is 24.1 Å². The molecule has 0 saturated carbocycles. The Hall–Kier alpha value is -2.95. The van der Waals surface area contributed by atoms with Gasteiger partial charge < -0.3 is 9.32 Å². The molecule has 3 aromatic rings. The largest absolute Gasteiger partial charge is 0.421 e. The zero-order chi connectivity index (χ0) is 19.3. The van der Waals surface area contributed by atoms with Crippen LogP contribution in [0.5, 0.6) is 0 Å². The number of nitrogens with zero attached hydrogens (tertiary/aromatic N) is 3. The number of rotatable bonds is 5. The van der Waals surface area contributed by atoms with Crippen LogP contribution in [0.15, 0.2) is 59.0 Å². The molecule has 5 nitrogen and oxygen atoms in total. The van der Waals surface area contributed by atoms with Gasteiger partial charge in [0.1, 0.15) is 0 Å². The second kappa shape index (κ2) is 8.38. The first kappa shape index (κ1) is 18.4. The first-order valence-corrected chi connectivity index (χ1v) is 9.88. The molecule has 144 valence electrons. The number of aromatic nitrogens is 2. The van der Waals surface area contributed by atoms with Gasteiger partial charge in [-0.1, -0.05) is 48.0 Å². The minimum Gasteiger partial charge on any atom is -0.421 e. The Morgan fingerprint density at radius 3 is 2.46 bits per heavy atom. The summed E-state index contributed by atoms with van der Waals surface area (Å²) in [7, 11) is 0. The van der Waals surface area contributed by atoms with E-state index in [2.05, 4.69) is 29.3 Å². The molecule has 1 fully saturated rings. The molecular weight excluding hydrogens is 350 g/mol. The van der Waals surface area contributed by atoms with Crippen molar-refractivity contribution >= 4 is 5.91 Å². The molecule has 0 aliphatic carbocycles. The number of carbonyl (C=O) groups is 1. The molecule has 2 aromatic carbocycles. The van der Waals surface area contributed by atoms with Crippen LogP contribution in [-0.4, -0.2) is 34.1 Å². The van der Waals surface area contributed by atoms with Crippen molar-refractivity contribution in [2.45, 2.75) is 32.6 Å². The van der Waals surface area contributed by atoms with E-state index in [0.717, 1.165) is 43.5 Å². The summed E-state index contributed by atoms with van der Waals surface area (Å²) in [6.07, 6.45) is 3.21. The predicted octanol–water partition coefficient (Wildman–Crippen LogP) is 4.07. The Morgan fingerprint density at radius 1 is 1.04 bits per heavy atom. The van der Waals surface area contributed by atoms with E-state index in [1.165, 1.54) is 5.56 Å². The summed E-state index contributed by atoms with van der Waals surface area (Å²) in [6.45, 7) is 3.66. The fraction of sp³-hybridized carbons (Fsp3) is 0.348. The lowest BCUT2D eigenvalue weighted by molar-refractivity contribution is -0.131. The smallest absolute Gasteiger partial charge is 0.247 e. The maximum Gasteiger partial charge on any atom is 0.247 e. The van der Waals surface area contributed by atoms with Gasteiger partial charge in [-0.3, -0.25) is 4.79 Å². The van der Waals surface area contributed by atoms with Crippen molar-refractivity contribution in [1.29, 1.82) is 0 Å². The maximum absolute atomic E-state index is 12.6. The van der Waals surface area contributed by atoms with Crippen molar-refractivity contribution in [3.63, 3.8) is 0 Å². The molecule has 0 spiro atoms. The number of piperidine rings is 1. The number of aryl methyl sites for hydroxylation is 1. The lowest BCUT2D eigenvalue weighted by atomic mass is 9.93. The van der Waals surface area contributed by atoms with Gasteiger partial charge in [0.2, 0.25) is 17.7 Å². The summed E-state index contributed by atoms with van der Waals surface area (Å²) in [5, 5.41) is 8.37. The van der Waals surface area contributed by atoms with E-state index in [1.807, 2.05) is 47.4 Å². The molecule has 0 radical (unpaired) electrons.